The van der Waals surface area contributed by atoms with E-state index in [-0.39, 0.29) is 11.6 Å². The minimum Gasteiger partial charge on any atom is -0.323 e. The lowest BCUT2D eigenvalue weighted by Crippen LogP contribution is -2.54. The van der Waals surface area contributed by atoms with Gasteiger partial charge in [-0.05, 0) is 45.7 Å². The van der Waals surface area contributed by atoms with Crippen LogP contribution in [0.15, 0.2) is 18.2 Å². The van der Waals surface area contributed by atoms with E-state index in [1.807, 2.05) is 0 Å². The fraction of sp³-hybridized carbons (Fsp3) is 0.667. The van der Waals surface area contributed by atoms with Crippen LogP contribution in [-0.4, -0.2) is 48.1 Å². The Morgan fingerprint density at radius 3 is 2.24 bits per heavy atom. The Hall–Kier alpha value is -0.900. The van der Waals surface area contributed by atoms with E-state index in [9.17, 15) is 0 Å². The standard InChI is InChI=1S/C18H31N3/c1-14-6-7-16(15(2)12-14)17(19)13-20-8-10-21(11-9-20)18(3,4)5/h6-7,12,17H,8-11,13,19H2,1-5H3. The molecule has 1 aromatic rings. The maximum absolute atomic E-state index is 6.44. The third kappa shape index (κ3) is 4.29. The minimum absolute atomic E-state index is 0.117. The normalized spacial score (nSPS) is 19.7. The highest BCUT2D eigenvalue weighted by molar-refractivity contribution is 5.32. The van der Waals surface area contributed by atoms with Gasteiger partial charge in [0.25, 0.3) is 0 Å². The molecule has 0 amide bonds. The number of nitrogens with two attached hydrogens (primary N) is 1. The number of piperazine rings is 1. The molecule has 1 aliphatic rings. The number of aryl methyl sites for hydroxylation is 2. The Balaban J connectivity index is 1.91. The summed E-state index contributed by atoms with van der Waals surface area (Å²) in [5.74, 6) is 0. The second-order valence-corrected chi connectivity index (χ2v) is 7.43. The zero-order valence-electron chi connectivity index (χ0n) is 14.3. The quantitative estimate of drug-likeness (QED) is 0.928. The van der Waals surface area contributed by atoms with Crippen LogP contribution in [0.4, 0.5) is 0 Å². The van der Waals surface area contributed by atoms with Crippen LogP contribution in [-0.2, 0) is 0 Å². The van der Waals surface area contributed by atoms with E-state index in [0.29, 0.717) is 0 Å². The highest BCUT2D eigenvalue weighted by atomic mass is 15.3. The predicted molar refractivity (Wildman–Crippen MR) is 90.6 cm³/mol. The van der Waals surface area contributed by atoms with Gasteiger partial charge in [0.1, 0.15) is 0 Å². The Kier molecular flexibility index (Phi) is 5.07. The summed E-state index contributed by atoms with van der Waals surface area (Å²) in [6, 6.07) is 6.71. The molecule has 1 aromatic carbocycles. The number of benzene rings is 1. The summed E-state index contributed by atoms with van der Waals surface area (Å²) in [6.45, 7) is 16.7. The molecule has 2 rings (SSSR count). The summed E-state index contributed by atoms with van der Waals surface area (Å²) in [7, 11) is 0. The summed E-state index contributed by atoms with van der Waals surface area (Å²) >= 11 is 0. The average Bonchev–Trinajstić information content (AvgIpc) is 2.38. The van der Waals surface area contributed by atoms with E-state index < -0.39 is 0 Å². The average molecular weight is 289 g/mol. The van der Waals surface area contributed by atoms with E-state index in [0.717, 1.165) is 32.7 Å². The van der Waals surface area contributed by atoms with Crippen LogP contribution < -0.4 is 5.73 Å². The van der Waals surface area contributed by atoms with Crippen LogP contribution >= 0.6 is 0 Å². The Morgan fingerprint density at radius 1 is 1.10 bits per heavy atom. The van der Waals surface area contributed by atoms with Crippen molar-refractivity contribution in [2.75, 3.05) is 32.7 Å². The number of hydrogen-bond acceptors (Lipinski definition) is 3. The largest absolute Gasteiger partial charge is 0.323 e. The molecule has 3 nitrogen and oxygen atoms in total. The molecule has 118 valence electrons. The van der Waals surface area contributed by atoms with E-state index in [4.69, 9.17) is 5.73 Å². The molecular formula is C18H31N3. The molecule has 0 aromatic heterocycles. The van der Waals surface area contributed by atoms with Crippen molar-refractivity contribution >= 4 is 0 Å². The van der Waals surface area contributed by atoms with Crippen LogP contribution in [0.5, 0.6) is 0 Å². The first-order valence-electron chi connectivity index (χ1n) is 8.07. The summed E-state index contributed by atoms with van der Waals surface area (Å²) in [5, 5.41) is 0. The second-order valence-electron chi connectivity index (χ2n) is 7.43. The molecule has 1 atom stereocenters. The highest BCUT2D eigenvalue weighted by Gasteiger charge is 2.26. The van der Waals surface area contributed by atoms with Gasteiger partial charge < -0.3 is 5.73 Å². The van der Waals surface area contributed by atoms with E-state index in [1.165, 1.54) is 16.7 Å². The number of nitrogens with zero attached hydrogens (tertiary/aromatic N) is 2. The third-order valence-corrected chi connectivity index (χ3v) is 4.60. The van der Waals surface area contributed by atoms with Crippen LogP contribution in [0.2, 0.25) is 0 Å². The monoisotopic (exact) mass is 289 g/mol. The number of hydrogen-bond donors (Lipinski definition) is 1. The van der Waals surface area contributed by atoms with Crippen molar-refractivity contribution in [3.8, 4) is 0 Å². The van der Waals surface area contributed by atoms with Gasteiger partial charge in [-0.1, -0.05) is 23.8 Å². The minimum atomic E-state index is 0.117. The molecule has 0 aliphatic carbocycles. The van der Waals surface area contributed by atoms with Crippen molar-refractivity contribution in [3.05, 3.63) is 34.9 Å². The lowest BCUT2D eigenvalue weighted by atomic mass is 9.99. The molecule has 21 heavy (non-hydrogen) atoms. The van der Waals surface area contributed by atoms with Crippen LogP contribution in [0.25, 0.3) is 0 Å². The van der Waals surface area contributed by atoms with Gasteiger partial charge in [-0.15, -0.1) is 0 Å². The lowest BCUT2D eigenvalue weighted by Gasteiger charge is -2.42. The summed E-state index contributed by atoms with van der Waals surface area (Å²) in [6.07, 6.45) is 0. The molecule has 1 unspecified atom stereocenters. The fourth-order valence-corrected chi connectivity index (χ4v) is 3.22. The van der Waals surface area contributed by atoms with Crippen molar-refractivity contribution in [2.24, 2.45) is 5.73 Å². The van der Waals surface area contributed by atoms with Crippen LogP contribution in [0.3, 0.4) is 0 Å². The molecule has 0 radical (unpaired) electrons. The molecule has 0 bridgehead atoms. The van der Waals surface area contributed by atoms with Crippen molar-refractivity contribution < 1.29 is 0 Å². The SMILES string of the molecule is Cc1ccc(C(N)CN2CCN(C(C)(C)C)CC2)c(C)c1. The van der Waals surface area contributed by atoms with Gasteiger partial charge in [-0.2, -0.15) is 0 Å². The summed E-state index contributed by atoms with van der Waals surface area (Å²) in [5.41, 5.74) is 10.6. The van der Waals surface area contributed by atoms with E-state index in [1.54, 1.807) is 0 Å². The third-order valence-electron chi connectivity index (χ3n) is 4.60. The van der Waals surface area contributed by atoms with Crippen LogP contribution in [0, 0.1) is 13.8 Å². The molecule has 3 heteroatoms. The van der Waals surface area contributed by atoms with Crippen molar-refractivity contribution in [2.45, 2.75) is 46.2 Å². The zero-order chi connectivity index (χ0) is 15.6. The zero-order valence-corrected chi connectivity index (χ0v) is 14.3. The van der Waals surface area contributed by atoms with Gasteiger partial charge >= 0.3 is 0 Å². The maximum Gasteiger partial charge on any atom is 0.0426 e. The second kappa shape index (κ2) is 6.47. The molecule has 2 N–H and O–H groups in total. The molecule has 1 saturated heterocycles. The van der Waals surface area contributed by atoms with Gasteiger partial charge in [0, 0.05) is 44.3 Å². The van der Waals surface area contributed by atoms with Crippen molar-refractivity contribution in [3.63, 3.8) is 0 Å². The maximum atomic E-state index is 6.44. The van der Waals surface area contributed by atoms with Gasteiger partial charge in [-0.25, -0.2) is 0 Å². The highest BCUT2D eigenvalue weighted by Crippen LogP contribution is 2.20. The molecule has 1 heterocycles. The van der Waals surface area contributed by atoms with Gasteiger partial charge in [0.05, 0.1) is 0 Å². The Labute approximate surface area is 130 Å². The van der Waals surface area contributed by atoms with E-state index in [2.05, 4.69) is 62.6 Å². The Morgan fingerprint density at radius 2 is 1.71 bits per heavy atom. The predicted octanol–water partition coefficient (Wildman–Crippen LogP) is 2.72. The Bertz CT molecular complexity index is 468. The van der Waals surface area contributed by atoms with Crippen molar-refractivity contribution in [1.82, 2.24) is 9.80 Å². The van der Waals surface area contributed by atoms with Gasteiger partial charge in [-0.3, -0.25) is 9.80 Å². The molecule has 1 fully saturated rings. The summed E-state index contributed by atoms with van der Waals surface area (Å²) < 4.78 is 0. The first-order valence-corrected chi connectivity index (χ1v) is 8.07. The topological polar surface area (TPSA) is 32.5 Å². The molecule has 0 saturated carbocycles. The smallest absolute Gasteiger partial charge is 0.0426 e. The van der Waals surface area contributed by atoms with Crippen molar-refractivity contribution in [1.29, 1.82) is 0 Å². The van der Waals surface area contributed by atoms with E-state index >= 15 is 0 Å². The number of rotatable bonds is 3. The fourth-order valence-electron chi connectivity index (χ4n) is 3.22. The first-order chi connectivity index (χ1) is 9.77. The summed E-state index contributed by atoms with van der Waals surface area (Å²) in [4.78, 5) is 5.07. The lowest BCUT2D eigenvalue weighted by molar-refractivity contribution is 0.0598. The molecule has 0 spiro atoms. The van der Waals surface area contributed by atoms with Gasteiger partial charge in [0.15, 0.2) is 0 Å². The molecule has 1 aliphatic heterocycles. The molecular weight excluding hydrogens is 258 g/mol. The van der Waals surface area contributed by atoms with Gasteiger partial charge in [0.2, 0.25) is 0 Å². The first kappa shape index (κ1) is 16.5. The van der Waals surface area contributed by atoms with Crippen LogP contribution in [0.1, 0.15) is 43.5 Å².